The third-order valence-electron chi connectivity index (χ3n) is 4.54. The van der Waals surface area contributed by atoms with Crippen LogP contribution in [0.1, 0.15) is 26.5 Å². The van der Waals surface area contributed by atoms with Crippen molar-refractivity contribution < 1.29 is 18.3 Å². The number of carbonyl (C=O) groups excluding carboxylic acids is 1. The van der Waals surface area contributed by atoms with Crippen LogP contribution < -0.4 is 5.73 Å². The fourth-order valence-corrected chi connectivity index (χ4v) is 2.98. The summed E-state index contributed by atoms with van der Waals surface area (Å²) in [6, 6.07) is 5.98. The maximum atomic E-state index is 13.0. The van der Waals surface area contributed by atoms with Gasteiger partial charge in [-0.05, 0) is 45.0 Å². The third kappa shape index (κ3) is 5.95. The van der Waals surface area contributed by atoms with Gasteiger partial charge in [0, 0.05) is 44.7 Å². The molecule has 0 aliphatic carbocycles. The minimum absolute atomic E-state index is 0.303. The van der Waals surface area contributed by atoms with Gasteiger partial charge in [0.05, 0.1) is 5.69 Å². The van der Waals surface area contributed by atoms with Crippen molar-refractivity contribution in [1.29, 1.82) is 0 Å². The van der Waals surface area contributed by atoms with Crippen molar-refractivity contribution in [3.63, 3.8) is 0 Å². The van der Waals surface area contributed by atoms with Gasteiger partial charge in [0.1, 0.15) is 17.7 Å². The second-order valence-electron chi connectivity index (χ2n) is 8.10. The highest BCUT2D eigenvalue weighted by Gasteiger charge is 2.26. The zero-order valence-corrected chi connectivity index (χ0v) is 17.6. The molecule has 9 heteroatoms. The van der Waals surface area contributed by atoms with Crippen LogP contribution in [0.3, 0.4) is 0 Å². The Kier molecular flexibility index (Phi) is 6.59. The highest BCUT2D eigenvalue weighted by Crippen LogP contribution is 2.19. The lowest BCUT2D eigenvalue weighted by Gasteiger charge is -2.36. The number of hydrogen-bond donors (Lipinski definition) is 1. The lowest BCUT2D eigenvalue weighted by atomic mass is 10.2. The van der Waals surface area contributed by atoms with E-state index in [9.17, 15) is 9.18 Å². The second kappa shape index (κ2) is 9.15. The van der Waals surface area contributed by atoms with Crippen molar-refractivity contribution in [3.05, 3.63) is 42.0 Å². The number of guanidine groups is 1. The van der Waals surface area contributed by atoms with Crippen LogP contribution in [-0.2, 0) is 11.2 Å². The monoisotopic (exact) mass is 417 g/mol. The zero-order valence-electron chi connectivity index (χ0n) is 17.6. The van der Waals surface area contributed by atoms with Crippen LogP contribution in [-0.4, -0.2) is 65.2 Å². The van der Waals surface area contributed by atoms with Crippen LogP contribution in [0.2, 0.25) is 0 Å². The van der Waals surface area contributed by atoms with Gasteiger partial charge in [-0.2, -0.15) is 0 Å². The van der Waals surface area contributed by atoms with Crippen molar-refractivity contribution in [2.24, 2.45) is 10.7 Å². The summed E-state index contributed by atoms with van der Waals surface area (Å²) in [5.74, 6) is 0.587. The number of nitrogens with two attached hydrogens (primary N) is 1. The van der Waals surface area contributed by atoms with Crippen LogP contribution in [0, 0.1) is 5.82 Å². The van der Waals surface area contributed by atoms with Gasteiger partial charge in [-0.1, -0.05) is 0 Å². The summed E-state index contributed by atoms with van der Waals surface area (Å²) in [6.45, 7) is 8.30. The fraction of sp³-hybridized carbons (Fsp3) is 0.476. The molecule has 2 N–H and O–H groups in total. The van der Waals surface area contributed by atoms with Crippen molar-refractivity contribution in [2.45, 2.75) is 32.8 Å². The normalized spacial score (nSPS) is 15.4. The Labute approximate surface area is 175 Å². The van der Waals surface area contributed by atoms with E-state index in [1.807, 2.05) is 25.7 Å². The summed E-state index contributed by atoms with van der Waals surface area (Å²) in [4.78, 5) is 24.6. The Morgan fingerprint density at radius 3 is 2.47 bits per heavy atom. The SMILES string of the molecule is CC(C)(C)OC(=O)N1CCN(C(N)=NCCc2coc(-c3ccc(F)cc3)n2)CC1. The number of piperazine rings is 1. The number of benzene rings is 1. The van der Waals surface area contributed by atoms with Gasteiger partial charge in [-0.25, -0.2) is 14.2 Å². The maximum Gasteiger partial charge on any atom is 0.410 e. The van der Waals surface area contributed by atoms with Gasteiger partial charge in [0.2, 0.25) is 5.89 Å². The number of oxazole rings is 1. The van der Waals surface area contributed by atoms with Gasteiger partial charge < -0.3 is 24.7 Å². The third-order valence-corrected chi connectivity index (χ3v) is 4.54. The number of ether oxygens (including phenoxy) is 1. The molecule has 1 fully saturated rings. The molecule has 3 rings (SSSR count). The van der Waals surface area contributed by atoms with E-state index in [2.05, 4.69) is 9.98 Å². The smallest absolute Gasteiger partial charge is 0.410 e. The molecule has 2 heterocycles. The molecule has 1 aliphatic heterocycles. The van der Waals surface area contributed by atoms with Gasteiger partial charge >= 0.3 is 6.09 Å². The predicted molar refractivity (Wildman–Crippen MR) is 111 cm³/mol. The quantitative estimate of drug-likeness (QED) is 0.607. The molecule has 0 radical (unpaired) electrons. The van der Waals surface area contributed by atoms with E-state index < -0.39 is 5.60 Å². The fourth-order valence-electron chi connectivity index (χ4n) is 2.98. The van der Waals surface area contributed by atoms with Crippen LogP contribution in [0.5, 0.6) is 0 Å². The number of aromatic nitrogens is 1. The molecule has 0 bridgehead atoms. The molecule has 0 atom stereocenters. The Bertz CT molecular complexity index is 881. The van der Waals surface area contributed by atoms with Crippen LogP contribution in [0.15, 0.2) is 39.9 Å². The lowest BCUT2D eigenvalue weighted by molar-refractivity contribution is 0.0186. The molecular weight excluding hydrogens is 389 g/mol. The Hall–Kier alpha value is -3.10. The van der Waals surface area contributed by atoms with E-state index in [-0.39, 0.29) is 11.9 Å². The van der Waals surface area contributed by atoms with Gasteiger partial charge in [0.25, 0.3) is 0 Å². The van der Waals surface area contributed by atoms with E-state index >= 15 is 0 Å². The standard InChI is InChI=1S/C21H28FN5O3/c1-21(2,3)30-20(28)27-12-10-26(11-13-27)19(23)24-9-8-17-14-29-18(25-17)15-4-6-16(22)7-5-15/h4-7,14H,8-13H2,1-3H3,(H2,23,24). The lowest BCUT2D eigenvalue weighted by Crippen LogP contribution is -2.53. The van der Waals surface area contributed by atoms with Gasteiger partial charge in [0.15, 0.2) is 5.96 Å². The average Bonchev–Trinajstić information content (AvgIpc) is 3.16. The molecule has 0 unspecified atom stereocenters. The predicted octanol–water partition coefficient (Wildman–Crippen LogP) is 2.89. The molecule has 30 heavy (non-hydrogen) atoms. The van der Waals surface area contributed by atoms with Crippen molar-refractivity contribution >= 4 is 12.1 Å². The molecular formula is C21H28FN5O3. The first-order valence-corrected chi connectivity index (χ1v) is 9.94. The molecule has 2 aromatic rings. The molecule has 1 aromatic heterocycles. The first-order chi connectivity index (χ1) is 14.2. The van der Waals surface area contributed by atoms with Gasteiger partial charge in [-0.15, -0.1) is 0 Å². The van der Waals surface area contributed by atoms with Crippen LogP contribution in [0.25, 0.3) is 11.5 Å². The number of amides is 1. The summed E-state index contributed by atoms with van der Waals surface area (Å²) in [6.07, 6.45) is 1.84. The minimum atomic E-state index is -0.508. The van der Waals surface area contributed by atoms with E-state index in [0.29, 0.717) is 56.6 Å². The van der Waals surface area contributed by atoms with Crippen LogP contribution in [0.4, 0.5) is 9.18 Å². The number of hydrogen-bond acceptors (Lipinski definition) is 5. The number of halogens is 1. The zero-order chi connectivity index (χ0) is 21.7. The molecule has 1 aromatic carbocycles. The highest BCUT2D eigenvalue weighted by molar-refractivity contribution is 5.78. The summed E-state index contributed by atoms with van der Waals surface area (Å²) >= 11 is 0. The molecule has 0 spiro atoms. The topological polar surface area (TPSA) is 97.2 Å². The number of rotatable bonds is 4. The molecule has 8 nitrogen and oxygen atoms in total. The van der Waals surface area contributed by atoms with E-state index in [1.54, 1.807) is 23.3 Å². The largest absolute Gasteiger partial charge is 0.444 e. The number of aliphatic imine (C=N–C) groups is 1. The Balaban J connectivity index is 1.46. The highest BCUT2D eigenvalue weighted by atomic mass is 19.1. The summed E-state index contributed by atoms with van der Waals surface area (Å²) in [5, 5.41) is 0. The molecule has 1 saturated heterocycles. The molecule has 162 valence electrons. The van der Waals surface area contributed by atoms with Crippen molar-refractivity contribution in [1.82, 2.24) is 14.8 Å². The summed E-state index contributed by atoms with van der Waals surface area (Å²) in [7, 11) is 0. The first-order valence-electron chi connectivity index (χ1n) is 9.94. The van der Waals surface area contributed by atoms with Gasteiger partial charge in [-0.3, -0.25) is 4.99 Å². The second-order valence-corrected chi connectivity index (χ2v) is 8.10. The van der Waals surface area contributed by atoms with E-state index in [0.717, 1.165) is 5.69 Å². The molecule has 1 amide bonds. The van der Waals surface area contributed by atoms with E-state index in [4.69, 9.17) is 14.9 Å². The first kappa shape index (κ1) is 21.6. The average molecular weight is 417 g/mol. The Morgan fingerprint density at radius 1 is 1.20 bits per heavy atom. The molecule has 1 aliphatic rings. The number of carbonyl (C=O) groups is 1. The summed E-state index contributed by atoms with van der Waals surface area (Å²) < 4.78 is 23.9. The molecule has 0 saturated carbocycles. The Morgan fingerprint density at radius 2 is 1.83 bits per heavy atom. The van der Waals surface area contributed by atoms with Crippen molar-refractivity contribution in [2.75, 3.05) is 32.7 Å². The van der Waals surface area contributed by atoms with Crippen molar-refractivity contribution in [3.8, 4) is 11.5 Å². The minimum Gasteiger partial charge on any atom is -0.444 e. The summed E-state index contributed by atoms with van der Waals surface area (Å²) in [5.41, 5.74) is 7.07. The van der Waals surface area contributed by atoms with E-state index in [1.165, 1.54) is 12.1 Å². The number of nitrogens with zero attached hydrogens (tertiary/aromatic N) is 4. The maximum absolute atomic E-state index is 13.0. The van der Waals surface area contributed by atoms with Crippen LogP contribution >= 0.6 is 0 Å².